The number of nitrogens with one attached hydrogen (secondary N) is 2. The standard InChI is InChI=1S/C18H11BrFN3O4S/c19-11-3-1-10(2-4-11)15-7-8-16(27-15)17(24)22-18(28)21-12-5-6-13(20)14(9-12)23(25)26/h1-9H,(H2,21,22,24,28). The molecule has 0 radical (unpaired) electrons. The average Bonchev–Trinajstić information content (AvgIpc) is 3.14. The van der Waals surface area contributed by atoms with E-state index in [0.29, 0.717) is 5.76 Å². The molecule has 2 N–H and O–H groups in total. The summed E-state index contributed by atoms with van der Waals surface area (Å²) in [4.78, 5) is 22.2. The van der Waals surface area contributed by atoms with Gasteiger partial charge in [0.15, 0.2) is 10.9 Å². The van der Waals surface area contributed by atoms with Gasteiger partial charge in [-0.15, -0.1) is 0 Å². The van der Waals surface area contributed by atoms with Crippen molar-refractivity contribution in [1.29, 1.82) is 0 Å². The predicted molar refractivity (Wildman–Crippen MR) is 109 cm³/mol. The summed E-state index contributed by atoms with van der Waals surface area (Å²) in [6, 6.07) is 13.7. The molecular weight excluding hydrogens is 453 g/mol. The number of hydrogen-bond donors (Lipinski definition) is 2. The molecule has 2 aromatic carbocycles. The van der Waals surface area contributed by atoms with Crippen LogP contribution in [0, 0.1) is 15.9 Å². The molecule has 0 fully saturated rings. The fraction of sp³-hybridized carbons (Fsp3) is 0. The van der Waals surface area contributed by atoms with Crippen LogP contribution >= 0.6 is 28.1 Å². The van der Waals surface area contributed by atoms with Gasteiger partial charge in [0, 0.05) is 21.8 Å². The van der Waals surface area contributed by atoms with Crippen LogP contribution in [0.2, 0.25) is 0 Å². The van der Waals surface area contributed by atoms with Crippen LogP contribution in [0.25, 0.3) is 11.3 Å². The molecular formula is C18H11BrFN3O4S. The maximum Gasteiger partial charge on any atom is 0.306 e. The summed E-state index contributed by atoms with van der Waals surface area (Å²) in [7, 11) is 0. The van der Waals surface area contributed by atoms with Crippen LogP contribution < -0.4 is 10.6 Å². The topological polar surface area (TPSA) is 97.4 Å². The van der Waals surface area contributed by atoms with E-state index >= 15 is 0 Å². The van der Waals surface area contributed by atoms with Crippen molar-refractivity contribution in [3.8, 4) is 11.3 Å². The van der Waals surface area contributed by atoms with Crippen molar-refractivity contribution in [2.45, 2.75) is 0 Å². The van der Waals surface area contributed by atoms with Gasteiger partial charge in [0.05, 0.1) is 4.92 Å². The molecule has 0 saturated carbocycles. The number of nitrogens with zero attached hydrogens (tertiary/aromatic N) is 1. The van der Waals surface area contributed by atoms with Crippen molar-refractivity contribution in [1.82, 2.24) is 5.32 Å². The number of carbonyl (C=O) groups is 1. The summed E-state index contributed by atoms with van der Waals surface area (Å²) < 4.78 is 19.8. The Labute approximate surface area is 171 Å². The normalized spacial score (nSPS) is 10.4. The summed E-state index contributed by atoms with van der Waals surface area (Å²) in [5.74, 6) is -1.03. The number of carbonyl (C=O) groups excluding carboxylic acids is 1. The molecule has 0 aliphatic heterocycles. The van der Waals surface area contributed by atoms with Crippen LogP contribution in [-0.4, -0.2) is 15.9 Å². The maximum absolute atomic E-state index is 13.4. The molecule has 10 heteroatoms. The Kier molecular flexibility index (Phi) is 5.81. The van der Waals surface area contributed by atoms with Crippen LogP contribution in [0.5, 0.6) is 0 Å². The minimum absolute atomic E-state index is 0.0344. The summed E-state index contributed by atoms with van der Waals surface area (Å²) in [5.41, 5.74) is 0.249. The monoisotopic (exact) mass is 463 g/mol. The minimum Gasteiger partial charge on any atom is -0.451 e. The van der Waals surface area contributed by atoms with Crippen molar-refractivity contribution in [3.05, 3.63) is 80.8 Å². The highest BCUT2D eigenvalue weighted by Gasteiger charge is 2.17. The highest BCUT2D eigenvalue weighted by molar-refractivity contribution is 9.10. The van der Waals surface area contributed by atoms with Gasteiger partial charge in [-0.1, -0.05) is 28.1 Å². The van der Waals surface area contributed by atoms with E-state index in [1.807, 2.05) is 24.3 Å². The summed E-state index contributed by atoms with van der Waals surface area (Å²) in [5, 5.41) is 15.7. The van der Waals surface area contributed by atoms with Gasteiger partial charge in [-0.2, -0.15) is 4.39 Å². The number of amides is 1. The molecule has 28 heavy (non-hydrogen) atoms. The Balaban J connectivity index is 1.66. The van der Waals surface area contributed by atoms with Crippen LogP contribution in [-0.2, 0) is 0 Å². The maximum atomic E-state index is 13.4. The average molecular weight is 464 g/mol. The first-order chi connectivity index (χ1) is 13.3. The second kappa shape index (κ2) is 8.28. The Morgan fingerprint density at radius 2 is 1.86 bits per heavy atom. The highest BCUT2D eigenvalue weighted by Crippen LogP contribution is 2.24. The van der Waals surface area contributed by atoms with Crippen molar-refractivity contribution in [2.24, 2.45) is 0 Å². The molecule has 3 rings (SSSR count). The van der Waals surface area contributed by atoms with E-state index in [2.05, 4.69) is 26.6 Å². The first-order valence-electron chi connectivity index (χ1n) is 7.75. The first-order valence-corrected chi connectivity index (χ1v) is 8.95. The van der Waals surface area contributed by atoms with Gasteiger partial charge in [-0.05, 0) is 48.6 Å². The summed E-state index contributed by atoms with van der Waals surface area (Å²) in [6.45, 7) is 0. The van der Waals surface area contributed by atoms with E-state index in [1.165, 1.54) is 12.1 Å². The summed E-state index contributed by atoms with van der Waals surface area (Å²) in [6.07, 6.45) is 0. The SMILES string of the molecule is O=C(NC(=S)Nc1ccc(F)c([N+](=O)[O-])c1)c1ccc(-c2ccc(Br)cc2)o1. The quantitative estimate of drug-likeness (QED) is 0.325. The molecule has 0 aliphatic carbocycles. The molecule has 0 spiro atoms. The van der Waals surface area contributed by atoms with Gasteiger partial charge in [0.2, 0.25) is 5.82 Å². The minimum atomic E-state index is -0.971. The number of nitro groups is 1. The zero-order valence-corrected chi connectivity index (χ0v) is 16.3. The molecule has 7 nitrogen and oxygen atoms in total. The van der Waals surface area contributed by atoms with Crippen molar-refractivity contribution >= 4 is 50.5 Å². The lowest BCUT2D eigenvalue weighted by molar-refractivity contribution is -0.387. The van der Waals surface area contributed by atoms with Gasteiger partial charge in [0.1, 0.15) is 5.76 Å². The number of hydrogen-bond acceptors (Lipinski definition) is 5. The van der Waals surface area contributed by atoms with Gasteiger partial charge < -0.3 is 9.73 Å². The van der Waals surface area contributed by atoms with E-state index in [1.54, 1.807) is 6.07 Å². The van der Waals surface area contributed by atoms with Gasteiger partial charge >= 0.3 is 5.69 Å². The smallest absolute Gasteiger partial charge is 0.306 e. The third-order valence-electron chi connectivity index (χ3n) is 3.59. The second-order valence-corrected chi connectivity index (χ2v) is 6.83. The fourth-order valence-corrected chi connectivity index (χ4v) is 2.76. The van der Waals surface area contributed by atoms with Gasteiger partial charge in [-0.3, -0.25) is 20.2 Å². The molecule has 1 aromatic heterocycles. The molecule has 0 atom stereocenters. The van der Waals surface area contributed by atoms with Crippen LogP contribution in [0.1, 0.15) is 10.6 Å². The molecule has 3 aromatic rings. The Morgan fingerprint density at radius 1 is 1.14 bits per heavy atom. The molecule has 0 aliphatic rings. The largest absolute Gasteiger partial charge is 0.451 e. The van der Waals surface area contributed by atoms with E-state index in [0.717, 1.165) is 22.2 Å². The molecule has 0 saturated heterocycles. The van der Waals surface area contributed by atoms with Crippen LogP contribution in [0.4, 0.5) is 15.8 Å². The molecule has 0 bridgehead atoms. The van der Waals surface area contributed by atoms with Crippen LogP contribution in [0.3, 0.4) is 0 Å². The zero-order valence-electron chi connectivity index (χ0n) is 13.9. The Hall–Kier alpha value is -3.11. The van der Waals surface area contributed by atoms with Crippen molar-refractivity contribution in [3.63, 3.8) is 0 Å². The van der Waals surface area contributed by atoms with Crippen LogP contribution in [0.15, 0.2) is 63.5 Å². The number of furan rings is 1. The Morgan fingerprint density at radius 3 is 2.54 bits per heavy atom. The van der Waals surface area contributed by atoms with Gasteiger partial charge in [-0.25, -0.2) is 0 Å². The van der Waals surface area contributed by atoms with Crippen molar-refractivity contribution < 1.29 is 18.5 Å². The number of nitro benzene ring substituents is 1. The predicted octanol–water partition coefficient (Wildman–Crippen LogP) is 4.88. The Bertz CT molecular complexity index is 1070. The van der Waals surface area contributed by atoms with Crippen molar-refractivity contribution in [2.75, 3.05) is 5.32 Å². The third kappa shape index (κ3) is 4.59. The highest BCUT2D eigenvalue weighted by atomic mass is 79.9. The lowest BCUT2D eigenvalue weighted by atomic mass is 10.2. The zero-order chi connectivity index (χ0) is 20.3. The lowest BCUT2D eigenvalue weighted by Gasteiger charge is -2.08. The second-order valence-electron chi connectivity index (χ2n) is 5.50. The number of anilines is 1. The fourth-order valence-electron chi connectivity index (χ4n) is 2.29. The number of rotatable bonds is 4. The molecule has 1 heterocycles. The van der Waals surface area contributed by atoms with E-state index < -0.39 is 22.3 Å². The number of halogens is 2. The van der Waals surface area contributed by atoms with E-state index in [4.69, 9.17) is 16.6 Å². The molecule has 1 amide bonds. The van der Waals surface area contributed by atoms with E-state index in [-0.39, 0.29) is 16.6 Å². The molecule has 142 valence electrons. The molecule has 0 unspecified atom stereocenters. The number of benzene rings is 2. The van der Waals surface area contributed by atoms with E-state index in [9.17, 15) is 19.3 Å². The number of thiocarbonyl (C=S) groups is 1. The van der Waals surface area contributed by atoms with Gasteiger partial charge in [0.25, 0.3) is 5.91 Å². The third-order valence-corrected chi connectivity index (χ3v) is 4.32. The first kappa shape index (κ1) is 19.6. The summed E-state index contributed by atoms with van der Waals surface area (Å²) >= 11 is 8.36. The lowest BCUT2D eigenvalue weighted by Crippen LogP contribution is -2.33.